The number of carbonyl (C=O) groups is 1. The highest BCUT2D eigenvalue weighted by atomic mass is 16.5. The van der Waals surface area contributed by atoms with Crippen LogP contribution in [-0.2, 0) is 11.2 Å². The minimum absolute atomic E-state index is 0.126. The predicted molar refractivity (Wildman–Crippen MR) is 128 cm³/mol. The van der Waals surface area contributed by atoms with Crippen molar-refractivity contribution in [1.29, 1.82) is 0 Å². The molecule has 2 aliphatic rings. The molecule has 2 aromatic carbocycles. The number of nitrogens with zero attached hydrogens (tertiary/aromatic N) is 1. The molecule has 1 unspecified atom stereocenters. The number of ketones is 1. The topological polar surface area (TPSA) is 38.7 Å². The Bertz CT molecular complexity index is 997. The molecule has 0 aliphatic carbocycles. The van der Waals surface area contributed by atoms with Crippen LogP contribution in [0.3, 0.4) is 0 Å². The van der Waals surface area contributed by atoms with Crippen LogP contribution >= 0.6 is 0 Å². The molecule has 0 fully saturated rings. The monoisotopic (exact) mass is 411 g/mol. The molecular formula is C28H29NO2. The van der Waals surface area contributed by atoms with Crippen molar-refractivity contribution in [3.63, 3.8) is 0 Å². The zero-order valence-corrected chi connectivity index (χ0v) is 17.9. The van der Waals surface area contributed by atoms with Crippen LogP contribution in [0, 0.1) is 5.92 Å². The lowest BCUT2D eigenvalue weighted by Gasteiger charge is -2.10. The van der Waals surface area contributed by atoms with Crippen LogP contribution in [0.1, 0.15) is 40.7 Å². The number of aliphatic imine (C=N–C) groups is 1. The average molecular weight is 412 g/mol. The van der Waals surface area contributed by atoms with Crippen LogP contribution in [0.2, 0.25) is 0 Å². The molecule has 0 bridgehead atoms. The predicted octanol–water partition coefficient (Wildman–Crippen LogP) is 5.88. The van der Waals surface area contributed by atoms with Crippen molar-refractivity contribution in [3.8, 4) is 0 Å². The Morgan fingerprint density at radius 3 is 2.71 bits per heavy atom. The van der Waals surface area contributed by atoms with E-state index in [4.69, 9.17) is 4.74 Å². The van der Waals surface area contributed by atoms with Crippen LogP contribution in [-0.4, -0.2) is 31.3 Å². The molecule has 31 heavy (non-hydrogen) atoms. The maximum absolute atomic E-state index is 13.0. The molecule has 0 amide bonds. The summed E-state index contributed by atoms with van der Waals surface area (Å²) >= 11 is 0. The van der Waals surface area contributed by atoms with Crippen LogP contribution in [0.4, 0.5) is 0 Å². The zero-order valence-electron chi connectivity index (χ0n) is 17.9. The van der Waals surface area contributed by atoms with Gasteiger partial charge >= 0.3 is 0 Å². The van der Waals surface area contributed by atoms with Gasteiger partial charge in [0.05, 0.1) is 18.9 Å². The van der Waals surface area contributed by atoms with Gasteiger partial charge in [0.15, 0.2) is 5.78 Å². The SMILES string of the molecule is O=C(c1ccc(CC2=CCCOCC2)cc1)C1C=CC(/C=C/c2ccccc2)=NCC1. The minimum Gasteiger partial charge on any atom is -0.381 e. The summed E-state index contributed by atoms with van der Waals surface area (Å²) in [6.07, 6.45) is 14.0. The molecule has 3 nitrogen and oxygen atoms in total. The Labute approximate surface area is 184 Å². The first-order valence-electron chi connectivity index (χ1n) is 11.1. The minimum atomic E-state index is -0.126. The smallest absolute Gasteiger partial charge is 0.169 e. The Balaban J connectivity index is 1.37. The summed E-state index contributed by atoms with van der Waals surface area (Å²) in [6, 6.07) is 18.3. The van der Waals surface area contributed by atoms with E-state index in [1.807, 2.05) is 48.6 Å². The average Bonchev–Trinajstić information content (AvgIpc) is 3.21. The molecule has 0 aromatic heterocycles. The van der Waals surface area contributed by atoms with Gasteiger partial charge in [0.2, 0.25) is 0 Å². The quantitative estimate of drug-likeness (QED) is 0.440. The van der Waals surface area contributed by atoms with Crippen LogP contribution < -0.4 is 0 Å². The van der Waals surface area contributed by atoms with E-state index < -0.39 is 0 Å². The lowest BCUT2D eigenvalue weighted by Crippen LogP contribution is -2.13. The summed E-state index contributed by atoms with van der Waals surface area (Å²) in [6.45, 7) is 2.28. The molecule has 2 heterocycles. The van der Waals surface area contributed by atoms with Crippen molar-refractivity contribution >= 4 is 17.6 Å². The van der Waals surface area contributed by atoms with Crippen molar-refractivity contribution in [2.45, 2.75) is 25.7 Å². The number of benzene rings is 2. The summed E-state index contributed by atoms with van der Waals surface area (Å²) in [7, 11) is 0. The summed E-state index contributed by atoms with van der Waals surface area (Å²) < 4.78 is 5.52. The van der Waals surface area contributed by atoms with Gasteiger partial charge in [-0.05, 0) is 49.0 Å². The third-order valence-corrected chi connectivity index (χ3v) is 5.75. The Morgan fingerprint density at radius 2 is 1.87 bits per heavy atom. The Hall–Kier alpha value is -3.04. The highest BCUT2D eigenvalue weighted by Gasteiger charge is 2.18. The van der Waals surface area contributed by atoms with Gasteiger partial charge in [-0.3, -0.25) is 9.79 Å². The highest BCUT2D eigenvalue weighted by Crippen LogP contribution is 2.20. The van der Waals surface area contributed by atoms with Crippen LogP contribution in [0.5, 0.6) is 0 Å². The fraction of sp³-hybridized carbons (Fsp3) is 0.286. The molecule has 158 valence electrons. The second kappa shape index (κ2) is 10.8. The first-order valence-corrected chi connectivity index (χ1v) is 11.1. The van der Waals surface area contributed by atoms with E-state index in [0.717, 1.165) is 55.7 Å². The summed E-state index contributed by atoms with van der Waals surface area (Å²) in [5.41, 5.74) is 5.51. The molecule has 0 radical (unpaired) electrons. The Morgan fingerprint density at radius 1 is 1.03 bits per heavy atom. The van der Waals surface area contributed by atoms with E-state index in [0.29, 0.717) is 6.54 Å². The van der Waals surface area contributed by atoms with Gasteiger partial charge in [-0.1, -0.05) is 78.4 Å². The van der Waals surface area contributed by atoms with E-state index in [1.54, 1.807) is 0 Å². The standard InChI is InChI=1S/C28H29NO2/c30-28(25-11-8-24(9-12-25)21-23-7-4-19-31-20-17-23)26-13-15-27(29-18-16-26)14-10-22-5-2-1-3-6-22/h1-3,5-15,26H,4,16-21H2/b14-10+. The van der Waals surface area contributed by atoms with Gasteiger partial charge in [0.1, 0.15) is 0 Å². The largest absolute Gasteiger partial charge is 0.381 e. The van der Waals surface area contributed by atoms with E-state index in [9.17, 15) is 4.79 Å². The van der Waals surface area contributed by atoms with Crippen molar-refractivity contribution in [2.24, 2.45) is 10.9 Å². The first kappa shape index (κ1) is 21.2. The fourth-order valence-corrected chi connectivity index (χ4v) is 3.95. The van der Waals surface area contributed by atoms with Crippen LogP contribution in [0.25, 0.3) is 6.08 Å². The van der Waals surface area contributed by atoms with Gasteiger partial charge in [0, 0.05) is 18.0 Å². The van der Waals surface area contributed by atoms with E-state index in [2.05, 4.69) is 41.4 Å². The summed E-state index contributed by atoms with van der Waals surface area (Å²) in [4.78, 5) is 17.7. The molecule has 4 rings (SSSR count). The van der Waals surface area contributed by atoms with Crippen LogP contribution in [0.15, 0.2) is 89.5 Å². The molecule has 0 N–H and O–H groups in total. The first-order chi connectivity index (χ1) is 15.3. The number of Topliss-reactive ketones (excluding diaryl/α,β-unsaturated/α-hetero) is 1. The molecule has 0 saturated heterocycles. The maximum atomic E-state index is 13.0. The Kier molecular flexibility index (Phi) is 7.41. The molecular weight excluding hydrogens is 382 g/mol. The number of hydrogen-bond donors (Lipinski definition) is 0. The van der Waals surface area contributed by atoms with E-state index >= 15 is 0 Å². The molecule has 2 aliphatic heterocycles. The number of ether oxygens (including phenoxy) is 1. The second-order valence-corrected chi connectivity index (χ2v) is 8.06. The highest BCUT2D eigenvalue weighted by molar-refractivity contribution is 6.07. The third kappa shape index (κ3) is 6.22. The van der Waals surface area contributed by atoms with E-state index in [-0.39, 0.29) is 11.7 Å². The molecule has 0 saturated carbocycles. The number of rotatable bonds is 6. The van der Waals surface area contributed by atoms with Crippen molar-refractivity contribution in [2.75, 3.05) is 19.8 Å². The number of allylic oxidation sites excluding steroid dienone is 3. The third-order valence-electron chi connectivity index (χ3n) is 5.75. The lowest BCUT2D eigenvalue weighted by atomic mass is 9.93. The van der Waals surface area contributed by atoms with Gasteiger partial charge in [-0.2, -0.15) is 0 Å². The molecule has 3 heteroatoms. The fourth-order valence-electron chi connectivity index (χ4n) is 3.95. The molecule has 0 spiro atoms. The van der Waals surface area contributed by atoms with E-state index in [1.165, 1.54) is 11.1 Å². The van der Waals surface area contributed by atoms with Crippen molar-refractivity contribution in [1.82, 2.24) is 0 Å². The van der Waals surface area contributed by atoms with Crippen molar-refractivity contribution < 1.29 is 9.53 Å². The number of carbonyl (C=O) groups excluding carboxylic acids is 1. The maximum Gasteiger partial charge on any atom is 0.169 e. The van der Waals surface area contributed by atoms with Gasteiger partial charge < -0.3 is 4.74 Å². The molecule has 2 aromatic rings. The zero-order chi connectivity index (χ0) is 21.3. The normalized spacial score (nSPS) is 19.4. The lowest BCUT2D eigenvalue weighted by molar-refractivity contribution is 0.0942. The second-order valence-electron chi connectivity index (χ2n) is 8.06. The van der Waals surface area contributed by atoms with Gasteiger partial charge in [-0.25, -0.2) is 0 Å². The van der Waals surface area contributed by atoms with Crippen molar-refractivity contribution in [3.05, 3.63) is 101 Å². The summed E-state index contributed by atoms with van der Waals surface area (Å²) in [5, 5.41) is 0. The molecule has 1 atom stereocenters. The number of hydrogen-bond acceptors (Lipinski definition) is 3. The van der Waals surface area contributed by atoms with Gasteiger partial charge in [-0.15, -0.1) is 0 Å². The summed E-state index contributed by atoms with van der Waals surface area (Å²) in [5.74, 6) is 0.0484. The van der Waals surface area contributed by atoms with Gasteiger partial charge in [0.25, 0.3) is 0 Å².